The van der Waals surface area contributed by atoms with Crippen molar-refractivity contribution < 1.29 is 4.74 Å². The molecule has 0 aromatic rings. The van der Waals surface area contributed by atoms with Gasteiger partial charge in [0.25, 0.3) is 0 Å². The first-order valence-corrected chi connectivity index (χ1v) is 4.48. The third-order valence-corrected chi connectivity index (χ3v) is 1.49. The van der Waals surface area contributed by atoms with Gasteiger partial charge in [-0.2, -0.15) is 0 Å². The highest BCUT2D eigenvalue weighted by Gasteiger charge is 1.94. The van der Waals surface area contributed by atoms with E-state index in [9.17, 15) is 0 Å². The van der Waals surface area contributed by atoms with Gasteiger partial charge in [-0.25, -0.2) is 0 Å². The third-order valence-electron chi connectivity index (χ3n) is 1.49. The van der Waals surface area contributed by atoms with Gasteiger partial charge in [0.2, 0.25) is 0 Å². The molecule has 0 aliphatic heterocycles. The minimum absolute atomic E-state index is 0.182. The van der Waals surface area contributed by atoms with Crippen molar-refractivity contribution in [1.29, 1.82) is 0 Å². The molecule has 0 amide bonds. The lowest BCUT2D eigenvalue weighted by atomic mass is 10.2. The van der Waals surface area contributed by atoms with Gasteiger partial charge in [0.15, 0.2) is 0 Å². The maximum absolute atomic E-state index is 5.31. The van der Waals surface area contributed by atoms with E-state index >= 15 is 0 Å². The van der Waals surface area contributed by atoms with Crippen molar-refractivity contribution in [2.24, 2.45) is 17.2 Å². The summed E-state index contributed by atoms with van der Waals surface area (Å²) in [4.78, 5) is 0. The average Bonchev–Trinajstić information content (AvgIpc) is 2.09. The van der Waals surface area contributed by atoms with Crippen LogP contribution in [-0.4, -0.2) is 6.61 Å². The summed E-state index contributed by atoms with van der Waals surface area (Å²) >= 11 is 0. The van der Waals surface area contributed by atoms with E-state index < -0.39 is 0 Å². The molecule has 0 unspecified atom stereocenters. The van der Waals surface area contributed by atoms with Gasteiger partial charge in [-0.3, -0.25) is 0 Å². The van der Waals surface area contributed by atoms with Gasteiger partial charge in [0.1, 0.15) is 5.76 Å². The van der Waals surface area contributed by atoms with E-state index in [1.165, 1.54) is 12.3 Å². The molecule has 0 fully saturated rings. The Morgan fingerprint density at radius 1 is 1.43 bits per heavy atom. The predicted octanol–water partition coefficient (Wildman–Crippen LogP) is 0.918. The van der Waals surface area contributed by atoms with E-state index in [0.717, 1.165) is 18.4 Å². The minimum Gasteiger partial charge on any atom is -0.492 e. The Morgan fingerprint density at radius 3 is 2.50 bits per heavy atom. The van der Waals surface area contributed by atoms with Crippen LogP contribution in [-0.2, 0) is 4.74 Å². The molecule has 4 nitrogen and oxygen atoms in total. The first kappa shape index (κ1) is 12.4. The summed E-state index contributed by atoms with van der Waals surface area (Å²) in [6.07, 6.45) is 4.67. The average molecular weight is 197 g/mol. The van der Waals surface area contributed by atoms with Gasteiger partial charge in [-0.15, -0.1) is 6.58 Å². The van der Waals surface area contributed by atoms with E-state index in [2.05, 4.69) is 6.58 Å². The largest absolute Gasteiger partial charge is 0.492 e. The Balaban J connectivity index is 3.76. The summed E-state index contributed by atoms with van der Waals surface area (Å²) in [5.41, 5.74) is 17.0. The predicted molar refractivity (Wildman–Crippen MR) is 58.7 cm³/mol. The molecule has 0 heterocycles. The van der Waals surface area contributed by atoms with E-state index in [1.807, 2.05) is 6.92 Å². The highest BCUT2D eigenvalue weighted by atomic mass is 16.5. The van der Waals surface area contributed by atoms with E-state index in [1.54, 1.807) is 0 Å². The molecule has 0 aromatic carbocycles. The van der Waals surface area contributed by atoms with Crippen molar-refractivity contribution in [2.75, 3.05) is 6.61 Å². The fourth-order valence-corrected chi connectivity index (χ4v) is 0.866. The van der Waals surface area contributed by atoms with Crippen LogP contribution in [0.2, 0.25) is 0 Å². The Labute approximate surface area is 85.1 Å². The molecule has 0 aliphatic rings. The lowest BCUT2D eigenvalue weighted by Crippen LogP contribution is -2.09. The lowest BCUT2D eigenvalue weighted by molar-refractivity contribution is 0.219. The zero-order chi connectivity index (χ0) is 11.0. The van der Waals surface area contributed by atoms with Crippen LogP contribution in [0, 0.1) is 0 Å². The Bertz CT molecular complexity index is 240. The maximum Gasteiger partial charge on any atom is 0.138 e. The van der Waals surface area contributed by atoms with Gasteiger partial charge >= 0.3 is 0 Å². The quantitative estimate of drug-likeness (QED) is 0.256. The molecule has 0 atom stereocenters. The Morgan fingerprint density at radius 2 is 2.07 bits per heavy atom. The summed E-state index contributed by atoms with van der Waals surface area (Å²) in [5.74, 6) is 0.674. The second kappa shape index (κ2) is 6.88. The lowest BCUT2D eigenvalue weighted by Gasteiger charge is -2.06. The smallest absolute Gasteiger partial charge is 0.138 e. The first-order chi connectivity index (χ1) is 6.56. The van der Waals surface area contributed by atoms with Crippen LogP contribution in [0.3, 0.4) is 0 Å². The minimum atomic E-state index is 0.182. The summed E-state index contributed by atoms with van der Waals surface area (Å²) < 4.78 is 5.31. The Kier molecular flexibility index (Phi) is 6.11. The summed E-state index contributed by atoms with van der Waals surface area (Å²) in [6, 6.07) is 0. The molecule has 0 spiro atoms. The molecule has 6 N–H and O–H groups in total. The van der Waals surface area contributed by atoms with Gasteiger partial charge in [0.05, 0.1) is 12.4 Å². The standard InChI is InChI=1S/C10H19N3O/c1-8(2)4-3-5-14-9(7-11)6-10(12)13/h6-7H,1,3-5,11-13H2,2H3/b9-7+. The highest BCUT2D eigenvalue weighted by Crippen LogP contribution is 2.04. The molecule has 0 rings (SSSR count). The van der Waals surface area contributed by atoms with Crippen LogP contribution in [0.1, 0.15) is 19.8 Å². The van der Waals surface area contributed by atoms with Crippen LogP contribution >= 0.6 is 0 Å². The van der Waals surface area contributed by atoms with Gasteiger partial charge < -0.3 is 21.9 Å². The third kappa shape index (κ3) is 7.09. The molecule has 0 aliphatic carbocycles. The van der Waals surface area contributed by atoms with Crippen LogP contribution in [0.5, 0.6) is 0 Å². The van der Waals surface area contributed by atoms with E-state index in [0.29, 0.717) is 12.4 Å². The zero-order valence-electron chi connectivity index (χ0n) is 8.62. The maximum atomic E-state index is 5.31. The number of hydrogen-bond acceptors (Lipinski definition) is 4. The molecule has 4 heteroatoms. The summed E-state index contributed by atoms with van der Waals surface area (Å²) in [7, 11) is 0. The molecule has 0 aromatic heterocycles. The summed E-state index contributed by atoms with van der Waals surface area (Å²) in [5, 5.41) is 0. The van der Waals surface area contributed by atoms with Crippen LogP contribution in [0.25, 0.3) is 0 Å². The monoisotopic (exact) mass is 197 g/mol. The van der Waals surface area contributed by atoms with Gasteiger partial charge in [0, 0.05) is 12.3 Å². The Hall–Kier alpha value is -1.58. The van der Waals surface area contributed by atoms with E-state index in [4.69, 9.17) is 21.9 Å². The SMILES string of the molecule is C=C(C)CCCO/C(C=C(N)N)=C/N. The molecular weight excluding hydrogens is 178 g/mol. The molecule has 0 saturated carbocycles. The zero-order valence-corrected chi connectivity index (χ0v) is 8.62. The van der Waals surface area contributed by atoms with Crippen molar-refractivity contribution in [3.8, 4) is 0 Å². The molecule has 0 radical (unpaired) electrons. The number of nitrogens with two attached hydrogens (primary N) is 3. The summed E-state index contributed by atoms with van der Waals surface area (Å²) in [6.45, 7) is 6.36. The number of allylic oxidation sites excluding steroid dienone is 2. The second-order valence-corrected chi connectivity index (χ2v) is 3.12. The van der Waals surface area contributed by atoms with Crippen molar-refractivity contribution >= 4 is 0 Å². The first-order valence-electron chi connectivity index (χ1n) is 4.48. The van der Waals surface area contributed by atoms with Crippen molar-refractivity contribution in [3.63, 3.8) is 0 Å². The fourth-order valence-electron chi connectivity index (χ4n) is 0.866. The molecule has 0 saturated heterocycles. The van der Waals surface area contributed by atoms with Crippen molar-refractivity contribution in [1.82, 2.24) is 0 Å². The van der Waals surface area contributed by atoms with Crippen LogP contribution in [0.15, 0.2) is 36.0 Å². The van der Waals surface area contributed by atoms with Crippen molar-refractivity contribution in [2.45, 2.75) is 19.8 Å². The van der Waals surface area contributed by atoms with Crippen LogP contribution < -0.4 is 17.2 Å². The fraction of sp³-hybridized carbons (Fsp3) is 0.400. The number of hydrogen-bond donors (Lipinski definition) is 3. The second-order valence-electron chi connectivity index (χ2n) is 3.12. The molecule has 14 heavy (non-hydrogen) atoms. The number of ether oxygens (including phenoxy) is 1. The topological polar surface area (TPSA) is 87.3 Å². The van der Waals surface area contributed by atoms with E-state index in [-0.39, 0.29) is 5.82 Å². The normalized spacial score (nSPS) is 10.8. The van der Waals surface area contributed by atoms with Crippen LogP contribution in [0.4, 0.5) is 0 Å². The van der Waals surface area contributed by atoms with Gasteiger partial charge in [-0.1, -0.05) is 5.57 Å². The van der Waals surface area contributed by atoms with Crippen molar-refractivity contribution in [3.05, 3.63) is 36.0 Å². The molecule has 0 bridgehead atoms. The molecule has 80 valence electrons. The van der Waals surface area contributed by atoms with Gasteiger partial charge in [-0.05, 0) is 19.8 Å². The molecular formula is C10H19N3O. The highest BCUT2D eigenvalue weighted by molar-refractivity contribution is 5.13. The number of rotatable bonds is 6.